The van der Waals surface area contributed by atoms with Crippen LogP contribution in [-0.4, -0.2) is 17.7 Å². The zero-order chi connectivity index (χ0) is 19.2. The minimum absolute atomic E-state index is 0.303. The fraction of sp³-hybridized carbons (Fsp3) is 0.100. The van der Waals surface area contributed by atoms with E-state index in [0.717, 1.165) is 10.4 Å². The quantitative estimate of drug-likeness (QED) is 0.391. The summed E-state index contributed by atoms with van der Waals surface area (Å²) in [5.74, 6) is -0.390. The third kappa shape index (κ3) is 4.86. The highest BCUT2D eigenvalue weighted by atomic mass is 35.5. The Hall–Kier alpha value is -2.41. The summed E-state index contributed by atoms with van der Waals surface area (Å²) in [6.45, 7) is 2.08. The lowest BCUT2D eigenvalue weighted by Gasteiger charge is -2.11. The van der Waals surface area contributed by atoms with Gasteiger partial charge in [-0.15, -0.1) is 11.3 Å². The normalized spacial score (nSPS) is 10.3. The molecule has 2 aromatic carbocycles. The van der Waals surface area contributed by atoms with Crippen LogP contribution in [0.15, 0.2) is 60.7 Å². The van der Waals surface area contributed by atoms with Crippen LogP contribution in [0, 0.1) is 0 Å². The molecule has 0 amide bonds. The van der Waals surface area contributed by atoms with Crippen LogP contribution in [0.3, 0.4) is 0 Å². The van der Waals surface area contributed by atoms with E-state index >= 15 is 0 Å². The van der Waals surface area contributed by atoms with Crippen LogP contribution in [0.25, 0.3) is 10.4 Å². The average molecular weight is 417 g/mol. The highest BCUT2D eigenvalue weighted by Gasteiger charge is 2.19. The Labute approximate surface area is 172 Å². The molecule has 27 heavy (non-hydrogen) atoms. The third-order valence-corrected chi connectivity index (χ3v) is 5.27. The number of esters is 1. The SMILES string of the molecule is CCOC(=O)c1cc(-c2ccccc2)sc1NC(=S)Nc1ccccc1Cl. The molecule has 0 aliphatic rings. The van der Waals surface area contributed by atoms with E-state index in [1.165, 1.54) is 11.3 Å². The molecule has 0 spiro atoms. The fourth-order valence-electron chi connectivity index (χ4n) is 2.41. The molecule has 0 saturated carbocycles. The second-order valence-electron chi connectivity index (χ2n) is 5.50. The second-order valence-corrected chi connectivity index (χ2v) is 7.37. The topological polar surface area (TPSA) is 50.4 Å². The number of thiophene rings is 1. The van der Waals surface area contributed by atoms with E-state index in [-0.39, 0.29) is 5.97 Å². The fourth-order valence-corrected chi connectivity index (χ4v) is 3.92. The van der Waals surface area contributed by atoms with Crippen molar-refractivity contribution in [2.45, 2.75) is 6.92 Å². The van der Waals surface area contributed by atoms with E-state index in [9.17, 15) is 4.79 Å². The predicted octanol–water partition coefficient (Wildman–Crippen LogP) is 6.05. The maximum Gasteiger partial charge on any atom is 0.341 e. The number of para-hydroxylation sites is 1. The number of ether oxygens (including phenoxy) is 1. The first-order chi connectivity index (χ1) is 13.1. The molecule has 0 unspecified atom stereocenters. The molecule has 7 heteroatoms. The second kappa shape index (κ2) is 8.99. The summed E-state index contributed by atoms with van der Waals surface area (Å²) in [4.78, 5) is 13.3. The number of rotatable bonds is 5. The molecule has 138 valence electrons. The lowest BCUT2D eigenvalue weighted by molar-refractivity contribution is 0.0528. The minimum atomic E-state index is -0.390. The Morgan fingerprint density at radius 2 is 1.81 bits per heavy atom. The van der Waals surface area contributed by atoms with Crippen molar-refractivity contribution < 1.29 is 9.53 Å². The number of hydrogen-bond acceptors (Lipinski definition) is 4. The van der Waals surface area contributed by atoms with Crippen LogP contribution in [-0.2, 0) is 4.74 Å². The zero-order valence-electron chi connectivity index (χ0n) is 14.5. The lowest BCUT2D eigenvalue weighted by Crippen LogP contribution is -2.20. The first kappa shape index (κ1) is 19.4. The average Bonchev–Trinajstić information content (AvgIpc) is 3.08. The van der Waals surface area contributed by atoms with Gasteiger partial charge in [0.25, 0.3) is 0 Å². The molecule has 2 N–H and O–H groups in total. The molecule has 0 aliphatic carbocycles. The number of carbonyl (C=O) groups is 1. The largest absolute Gasteiger partial charge is 0.462 e. The monoisotopic (exact) mass is 416 g/mol. The van der Waals surface area contributed by atoms with Crippen molar-refractivity contribution in [1.29, 1.82) is 0 Å². The van der Waals surface area contributed by atoms with E-state index in [1.807, 2.05) is 54.6 Å². The van der Waals surface area contributed by atoms with Gasteiger partial charge in [-0.2, -0.15) is 0 Å². The van der Waals surface area contributed by atoms with Crippen molar-refractivity contribution in [3.8, 4) is 10.4 Å². The van der Waals surface area contributed by atoms with E-state index < -0.39 is 0 Å². The van der Waals surface area contributed by atoms with Crippen LogP contribution in [0.2, 0.25) is 5.02 Å². The number of hydrogen-bond donors (Lipinski definition) is 2. The summed E-state index contributed by atoms with van der Waals surface area (Å²) in [6, 6.07) is 19.0. The predicted molar refractivity (Wildman–Crippen MR) is 117 cm³/mol. The van der Waals surface area contributed by atoms with Gasteiger partial charge in [0.15, 0.2) is 5.11 Å². The van der Waals surface area contributed by atoms with E-state index in [4.69, 9.17) is 28.6 Å². The molecule has 0 aliphatic heterocycles. The van der Waals surface area contributed by atoms with E-state index in [2.05, 4.69) is 10.6 Å². The summed E-state index contributed by atoms with van der Waals surface area (Å²) in [6.07, 6.45) is 0. The Bertz CT molecular complexity index is 958. The number of benzene rings is 2. The van der Waals surface area contributed by atoms with Crippen LogP contribution in [0.4, 0.5) is 10.7 Å². The van der Waals surface area contributed by atoms with Gasteiger partial charge in [-0.3, -0.25) is 0 Å². The number of nitrogens with one attached hydrogen (secondary N) is 2. The van der Waals surface area contributed by atoms with Gasteiger partial charge in [-0.1, -0.05) is 54.1 Å². The third-order valence-electron chi connectivity index (χ3n) is 3.63. The molecule has 0 saturated heterocycles. The smallest absolute Gasteiger partial charge is 0.341 e. The van der Waals surface area contributed by atoms with Gasteiger partial charge in [0.2, 0.25) is 0 Å². The van der Waals surface area contributed by atoms with Crippen molar-refractivity contribution in [3.05, 3.63) is 71.2 Å². The van der Waals surface area contributed by atoms with Gasteiger partial charge in [0.05, 0.1) is 22.9 Å². The molecule has 3 aromatic rings. The van der Waals surface area contributed by atoms with Gasteiger partial charge < -0.3 is 15.4 Å². The van der Waals surface area contributed by atoms with E-state index in [1.54, 1.807) is 13.0 Å². The van der Waals surface area contributed by atoms with Crippen molar-refractivity contribution in [3.63, 3.8) is 0 Å². The van der Waals surface area contributed by atoms with Crippen LogP contribution in [0.1, 0.15) is 17.3 Å². The Kier molecular flexibility index (Phi) is 6.45. The van der Waals surface area contributed by atoms with E-state index in [0.29, 0.717) is 33.0 Å². The first-order valence-electron chi connectivity index (χ1n) is 8.27. The minimum Gasteiger partial charge on any atom is -0.462 e. The van der Waals surface area contributed by atoms with Gasteiger partial charge in [0.1, 0.15) is 5.00 Å². The number of carbonyl (C=O) groups excluding carboxylic acids is 1. The summed E-state index contributed by atoms with van der Waals surface area (Å²) in [5, 5.41) is 7.67. The van der Waals surface area contributed by atoms with Crippen LogP contribution in [0.5, 0.6) is 0 Å². The Balaban J connectivity index is 1.86. The van der Waals surface area contributed by atoms with Gasteiger partial charge >= 0.3 is 5.97 Å². The zero-order valence-corrected chi connectivity index (χ0v) is 16.9. The van der Waals surface area contributed by atoms with Gasteiger partial charge in [-0.25, -0.2) is 4.79 Å². The molecule has 1 heterocycles. The van der Waals surface area contributed by atoms with Crippen molar-refractivity contribution in [2.75, 3.05) is 17.2 Å². The highest BCUT2D eigenvalue weighted by molar-refractivity contribution is 7.80. The standard InChI is InChI=1S/C20H17ClN2O2S2/c1-2-25-19(24)14-12-17(13-8-4-3-5-9-13)27-18(14)23-20(26)22-16-11-7-6-10-15(16)21/h3-12H,2H2,1H3,(H2,22,23,26). The Morgan fingerprint density at radius 3 is 2.52 bits per heavy atom. The number of halogens is 1. The molecule has 0 atom stereocenters. The van der Waals surface area contributed by atoms with Crippen molar-refractivity contribution in [2.24, 2.45) is 0 Å². The molecule has 0 fully saturated rings. The summed E-state index contributed by atoms with van der Waals surface area (Å²) >= 11 is 13.0. The maximum atomic E-state index is 12.4. The molecular formula is C20H17ClN2O2S2. The van der Waals surface area contributed by atoms with Crippen molar-refractivity contribution in [1.82, 2.24) is 0 Å². The summed E-state index contributed by atoms with van der Waals surface area (Å²) in [5.41, 5.74) is 2.16. The molecule has 0 radical (unpaired) electrons. The lowest BCUT2D eigenvalue weighted by atomic mass is 10.1. The Morgan fingerprint density at radius 1 is 1.11 bits per heavy atom. The highest BCUT2D eigenvalue weighted by Crippen LogP contribution is 2.36. The maximum absolute atomic E-state index is 12.4. The van der Waals surface area contributed by atoms with Crippen molar-refractivity contribution >= 4 is 56.9 Å². The van der Waals surface area contributed by atoms with Crippen LogP contribution < -0.4 is 10.6 Å². The molecule has 4 nitrogen and oxygen atoms in total. The first-order valence-corrected chi connectivity index (χ1v) is 9.87. The summed E-state index contributed by atoms with van der Waals surface area (Å²) < 4.78 is 5.18. The van der Waals surface area contributed by atoms with Gasteiger partial charge in [-0.05, 0) is 42.9 Å². The van der Waals surface area contributed by atoms with Crippen LogP contribution >= 0.6 is 35.2 Å². The number of thiocarbonyl (C=S) groups is 1. The molecular weight excluding hydrogens is 400 g/mol. The molecule has 3 rings (SSSR count). The molecule has 1 aromatic heterocycles. The van der Waals surface area contributed by atoms with Gasteiger partial charge in [0, 0.05) is 4.88 Å². The number of anilines is 2. The molecule has 0 bridgehead atoms. The summed E-state index contributed by atoms with van der Waals surface area (Å²) in [7, 11) is 0.